The fourth-order valence-electron chi connectivity index (χ4n) is 4.37. The maximum absolute atomic E-state index is 13.2. The Morgan fingerprint density at radius 1 is 1.15 bits per heavy atom. The molecule has 1 aromatic heterocycles. The van der Waals surface area contributed by atoms with Crippen molar-refractivity contribution in [3.8, 4) is 0 Å². The van der Waals surface area contributed by atoms with Crippen LogP contribution in [0.25, 0.3) is 11.1 Å². The normalized spacial score (nSPS) is 15.9. The topological polar surface area (TPSA) is 102 Å². The van der Waals surface area contributed by atoms with E-state index in [9.17, 15) is 18.0 Å². The van der Waals surface area contributed by atoms with Gasteiger partial charge in [0.2, 0.25) is 15.9 Å². The molecule has 1 aliphatic heterocycles. The Morgan fingerprint density at radius 2 is 1.88 bits per heavy atom. The van der Waals surface area contributed by atoms with Crippen LogP contribution in [0.5, 0.6) is 0 Å². The first kappa shape index (κ1) is 23.3. The summed E-state index contributed by atoms with van der Waals surface area (Å²) >= 11 is 0. The summed E-state index contributed by atoms with van der Waals surface area (Å²) in [5, 5.41) is 2.92. The van der Waals surface area contributed by atoms with E-state index in [4.69, 9.17) is 4.42 Å². The second-order valence-electron chi connectivity index (χ2n) is 8.93. The number of nitrogens with zero attached hydrogens (tertiary/aromatic N) is 2. The van der Waals surface area contributed by atoms with Gasteiger partial charge >= 0.3 is 5.76 Å². The smallest absolute Gasteiger partial charge is 0.408 e. The van der Waals surface area contributed by atoms with E-state index in [0.717, 1.165) is 11.3 Å². The molecule has 33 heavy (non-hydrogen) atoms. The SMILES string of the molecule is Cc1cccc(NC(=O)CC2CCN(S(=O)(=O)c3ccc4c(c3)oc(=O)n4C(C)C)CC2)c1. The fraction of sp³-hybridized carbons (Fsp3) is 0.417. The van der Waals surface area contributed by atoms with Crippen LogP contribution in [0, 0.1) is 12.8 Å². The number of aryl methyl sites for hydroxylation is 1. The minimum Gasteiger partial charge on any atom is -0.408 e. The molecule has 1 fully saturated rings. The average Bonchev–Trinajstić information content (AvgIpc) is 3.09. The number of carbonyl (C=O) groups excluding carboxylic acids is 1. The third-order valence-corrected chi connectivity index (χ3v) is 7.98. The van der Waals surface area contributed by atoms with Gasteiger partial charge in [0.15, 0.2) is 5.58 Å². The van der Waals surface area contributed by atoms with Crippen LogP contribution in [0.2, 0.25) is 0 Å². The standard InChI is InChI=1S/C24H29N3O5S/c1-16(2)27-21-8-7-20(15-22(21)32-24(27)29)33(30,31)26-11-9-18(10-12-26)14-23(28)25-19-6-4-5-17(3)13-19/h4-8,13,15-16,18H,9-12,14H2,1-3H3,(H,25,28). The lowest BCUT2D eigenvalue weighted by molar-refractivity contribution is -0.117. The lowest BCUT2D eigenvalue weighted by atomic mass is 9.94. The lowest BCUT2D eigenvalue weighted by Crippen LogP contribution is -2.39. The minimum absolute atomic E-state index is 0.0583. The van der Waals surface area contributed by atoms with Gasteiger partial charge in [-0.3, -0.25) is 9.36 Å². The Hall–Kier alpha value is -2.91. The van der Waals surface area contributed by atoms with E-state index in [2.05, 4.69) is 5.32 Å². The van der Waals surface area contributed by atoms with E-state index >= 15 is 0 Å². The van der Waals surface area contributed by atoms with Crippen molar-refractivity contribution in [3.05, 3.63) is 58.6 Å². The van der Waals surface area contributed by atoms with Crippen molar-refractivity contribution in [1.29, 1.82) is 0 Å². The summed E-state index contributed by atoms with van der Waals surface area (Å²) in [5.41, 5.74) is 2.68. The zero-order valence-corrected chi connectivity index (χ0v) is 19.9. The molecule has 9 heteroatoms. The van der Waals surface area contributed by atoms with Gasteiger partial charge in [-0.1, -0.05) is 12.1 Å². The molecule has 1 aliphatic rings. The van der Waals surface area contributed by atoms with E-state index in [1.165, 1.54) is 21.0 Å². The van der Waals surface area contributed by atoms with Gasteiger partial charge in [0.1, 0.15) is 0 Å². The average molecular weight is 472 g/mol. The van der Waals surface area contributed by atoms with Crippen molar-refractivity contribution in [1.82, 2.24) is 8.87 Å². The Morgan fingerprint density at radius 3 is 2.55 bits per heavy atom. The van der Waals surface area contributed by atoms with Crippen LogP contribution in [0.4, 0.5) is 5.69 Å². The van der Waals surface area contributed by atoms with Gasteiger partial charge in [-0.25, -0.2) is 13.2 Å². The van der Waals surface area contributed by atoms with E-state index < -0.39 is 15.8 Å². The Balaban J connectivity index is 1.40. The van der Waals surface area contributed by atoms with Crippen molar-refractivity contribution < 1.29 is 17.6 Å². The number of hydrogen-bond donors (Lipinski definition) is 1. The molecule has 0 spiro atoms. The summed E-state index contributed by atoms with van der Waals surface area (Å²) in [6, 6.07) is 12.1. The number of oxazole rings is 1. The molecule has 8 nitrogen and oxygen atoms in total. The van der Waals surface area contributed by atoms with Gasteiger partial charge in [-0.2, -0.15) is 4.31 Å². The number of anilines is 1. The van der Waals surface area contributed by atoms with Crippen LogP contribution >= 0.6 is 0 Å². The van der Waals surface area contributed by atoms with Crippen LogP contribution in [-0.4, -0.2) is 36.3 Å². The number of fused-ring (bicyclic) bond motifs is 1. The van der Waals surface area contributed by atoms with Gasteiger partial charge in [-0.15, -0.1) is 0 Å². The molecule has 4 rings (SSSR count). The number of sulfonamides is 1. The maximum atomic E-state index is 13.2. The molecule has 1 N–H and O–H groups in total. The molecule has 176 valence electrons. The third-order valence-electron chi connectivity index (χ3n) is 6.09. The van der Waals surface area contributed by atoms with Crippen LogP contribution in [-0.2, 0) is 14.8 Å². The quantitative estimate of drug-likeness (QED) is 0.587. The summed E-state index contributed by atoms with van der Waals surface area (Å²) in [7, 11) is -3.72. The third kappa shape index (κ3) is 4.89. The first-order chi connectivity index (χ1) is 15.6. The van der Waals surface area contributed by atoms with Crippen LogP contribution < -0.4 is 11.1 Å². The number of aromatic nitrogens is 1. The fourth-order valence-corrected chi connectivity index (χ4v) is 5.85. The van der Waals surface area contributed by atoms with Gasteiger partial charge in [0.25, 0.3) is 0 Å². The monoisotopic (exact) mass is 471 g/mol. The predicted octanol–water partition coefficient (Wildman–Crippen LogP) is 3.91. The number of amides is 1. The predicted molar refractivity (Wildman–Crippen MR) is 127 cm³/mol. The number of nitrogens with one attached hydrogen (secondary N) is 1. The minimum atomic E-state index is -3.72. The molecule has 0 bridgehead atoms. The molecule has 2 heterocycles. The molecule has 0 radical (unpaired) electrons. The number of benzene rings is 2. The summed E-state index contributed by atoms with van der Waals surface area (Å²) in [6.07, 6.45) is 1.59. The molecule has 1 saturated heterocycles. The molecule has 0 unspecified atom stereocenters. The van der Waals surface area contributed by atoms with Crippen LogP contribution in [0.15, 0.2) is 56.6 Å². The molecule has 0 aliphatic carbocycles. The second kappa shape index (κ2) is 9.15. The summed E-state index contributed by atoms with van der Waals surface area (Å²) in [4.78, 5) is 24.6. The van der Waals surface area contributed by atoms with E-state index in [-0.39, 0.29) is 28.3 Å². The molecule has 2 aromatic carbocycles. The summed E-state index contributed by atoms with van der Waals surface area (Å²) in [5.74, 6) is -0.432. The zero-order valence-electron chi connectivity index (χ0n) is 19.1. The maximum Gasteiger partial charge on any atom is 0.420 e. The number of carbonyl (C=O) groups is 1. The molecule has 1 amide bonds. The number of piperidine rings is 1. The van der Waals surface area contributed by atoms with Gasteiger partial charge in [0.05, 0.1) is 10.4 Å². The summed E-state index contributed by atoms with van der Waals surface area (Å²) in [6.45, 7) is 6.40. The van der Waals surface area contributed by atoms with Gasteiger partial charge in [0, 0.05) is 37.3 Å². The molecular formula is C24H29N3O5S. The highest BCUT2D eigenvalue weighted by molar-refractivity contribution is 7.89. The first-order valence-corrected chi connectivity index (χ1v) is 12.6. The molecular weight excluding hydrogens is 442 g/mol. The van der Waals surface area contributed by atoms with Crippen LogP contribution in [0.3, 0.4) is 0 Å². The zero-order chi connectivity index (χ0) is 23.8. The first-order valence-electron chi connectivity index (χ1n) is 11.2. The molecule has 3 aromatic rings. The largest absolute Gasteiger partial charge is 0.420 e. The Kier molecular flexibility index (Phi) is 6.45. The highest BCUT2D eigenvalue weighted by Gasteiger charge is 2.31. The van der Waals surface area contributed by atoms with E-state index in [0.29, 0.717) is 37.9 Å². The van der Waals surface area contributed by atoms with Gasteiger partial charge < -0.3 is 9.73 Å². The van der Waals surface area contributed by atoms with E-state index in [1.807, 2.05) is 45.0 Å². The summed E-state index contributed by atoms with van der Waals surface area (Å²) < 4.78 is 34.6. The van der Waals surface area contributed by atoms with Crippen LogP contribution in [0.1, 0.15) is 44.7 Å². The number of hydrogen-bond acceptors (Lipinski definition) is 5. The molecule has 0 atom stereocenters. The highest BCUT2D eigenvalue weighted by atomic mass is 32.2. The molecule has 0 saturated carbocycles. The van der Waals surface area contributed by atoms with Crippen molar-refractivity contribution in [2.45, 2.75) is 51.0 Å². The second-order valence-corrected chi connectivity index (χ2v) is 10.9. The van der Waals surface area contributed by atoms with E-state index in [1.54, 1.807) is 6.07 Å². The van der Waals surface area contributed by atoms with Crippen molar-refractivity contribution in [2.75, 3.05) is 18.4 Å². The lowest BCUT2D eigenvalue weighted by Gasteiger charge is -2.31. The Bertz CT molecular complexity index is 1330. The number of rotatable bonds is 6. The van der Waals surface area contributed by atoms with Crippen molar-refractivity contribution in [3.63, 3.8) is 0 Å². The Labute approximate surface area is 193 Å². The van der Waals surface area contributed by atoms with Crippen molar-refractivity contribution in [2.24, 2.45) is 5.92 Å². The van der Waals surface area contributed by atoms with Crippen molar-refractivity contribution >= 4 is 32.7 Å². The van der Waals surface area contributed by atoms with Gasteiger partial charge in [-0.05, 0) is 69.4 Å². The highest BCUT2D eigenvalue weighted by Crippen LogP contribution is 2.28.